The minimum absolute atomic E-state index is 0.196. The largest absolute Gasteiger partial charge is 0.143 e. The van der Waals surface area contributed by atoms with E-state index in [0.29, 0.717) is 0 Å². The molecule has 0 spiro atoms. The first-order chi connectivity index (χ1) is 10.4. The molecular formula is C20H19ClS. The van der Waals surface area contributed by atoms with Gasteiger partial charge in [0.05, 0.1) is 0 Å². The van der Waals surface area contributed by atoms with Crippen LogP contribution in [-0.4, -0.2) is 0 Å². The van der Waals surface area contributed by atoms with Crippen LogP contribution in [0.2, 0.25) is 5.02 Å². The summed E-state index contributed by atoms with van der Waals surface area (Å²) in [5.41, 5.74) is 5.32. The molecule has 2 aromatic carbocycles. The van der Waals surface area contributed by atoms with Crippen LogP contribution in [-0.2, 0) is 5.41 Å². The SMILES string of the molecule is CC(C)(C)c1ccc(-c2csc(-c3ccc(Cl)cc3)c2)cc1. The third-order valence-electron chi connectivity index (χ3n) is 3.81. The molecule has 0 unspecified atom stereocenters. The van der Waals surface area contributed by atoms with Crippen molar-refractivity contribution in [1.29, 1.82) is 0 Å². The van der Waals surface area contributed by atoms with E-state index in [2.05, 4.69) is 68.6 Å². The van der Waals surface area contributed by atoms with Gasteiger partial charge in [-0.25, -0.2) is 0 Å². The second-order valence-electron chi connectivity index (χ2n) is 6.53. The molecule has 0 saturated carbocycles. The van der Waals surface area contributed by atoms with Crippen molar-refractivity contribution < 1.29 is 0 Å². The summed E-state index contributed by atoms with van der Waals surface area (Å²) in [6.45, 7) is 6.72. The average Bonchev–Trinajstić information content (AvgIpc) is 2.97. The molecule has 22 heavy (non-hydrogen) atoms. The highest BCUT2D eigenvalue weighted by atomic mass is 35.5. The Morgan fingerprint density at radius 1 is 0.773 bits per heavy atom. The fourth-order valence-electron chi connectivity index (χ4n) is 2.42. The Morgan fingerprint density at radius 2 is 1.36 bits per heavy atom. The van der Waals surface area contributed by atoms with Crippen LogP contribution in [0.15, 0.2) is 60.0 Å². The smallest absolute Gasteiger partial charge is 0.0406 e. The number of hydrogen-bond donors (Lipinski definition) is 0. The summed E-state index contributed by atoms with van der Waals surface area (Å²) < 4.78 is 0. The van der Waals surface area contributed by atoms with Crippen LogP contribution in [0, 0.1) is 0 Å². The van der Waals surface area contributed by atoms with Crippen molar-refractivity contribution in [3.8, 4) is 21.6 Å². The maximum absolute atomic E-state index is 5.96. The van der Waals surface area contributed by atoms with Crippen molar-refractivity contribution in [2.24, 2.45) is 0 Å². The first-order valence-electron chi connectivity index (χ1n) is 7.39. The molecule has 1 aromatic heterocycles. The molecule has 0 radical (unpaired) electrons. The quantitative estimate of drug-likeness (QED) is 0.474. The fourth-order valence-corrected chi connectivity index (χ4v) is 3.47. The molecule has 0 nitrogen and oxygen atoms in total. The van der Waals surface area contributed by atoms with E-state index in [4.69, 9.17) is 11.6 Å². The summed E-state index contributed by atoms with van der Waals surface area (Å²) in [5.74, 6) is 0. The monoisotopic (exact) mass is 326 g/mol. The van der Waals surface area contributed by atoms with Crippen molar-refractivity contribution in [2.75, 3.05) is 0 Å². The van der Waals surface area contributed by atoms with Crippen LogP contribution in [0.4, 0.5) is 0 Å². The lowest BCUT2D eigenvalue weighted by Crippen LogP contribution is -2.10. The fraction of sp³-hybridized carbons (Fsp3) is 0.200. The maximum Gasteiger partial charge on any atom is 0.0406 e. The van der Waals surface area contributed by atoms with Gasteiger partial charge in [0.15, 0.2) is 0 Å². The Balaban J connectivity index is 1.89. The number of thiophene rings is 1. The molecule has 1 heterocycles. The summed E-state index contributed by atoms with van der Waals surface area (Å²) in [6.07, 6.45) is 0. The Kier molecular flexibility index (Phi) is 4.12. The van der Waals surface area contributed by atoms with Crippen LogP contribution in [0.1, 0.15) is 26.3 Å². The predicted molar refractivity (Wildman–Crippen MR) is 98.9 cm³/mol. The van der Waals surface area contributed by atoms with Crippen LogP contribution in [0.25, 0.3) is 21.6 Å². The number of halogens is 1. The second-order valence-corrected chi connectivity index (χ2v) is 7.88. The molecule has 0 fully saturated rings. The van der Waals surface area contributed by atoms with E-state index >= 15 is 0 Å². The highest BCUT2D eigenvalue weighted by molar-refractivity contribution is 7.14. The summed E-state index contributed by atoms with van der Waals surface area (Å²) in [7, 11) is 0. The molecule has 0 amide bonds. The standard InChI is InChI=1S/C20H19ClS/c1-20(2,3)17-8-4-14(5-9-17)16-12-19(22-13-16)15-6-10-18(21)11-7-15/h4-13H,1-3H3. The molecule has 112 valence electrons. The third kappa shape index (κ3) is 3.26. The van der Waals surface area contributed by atoms with Crippen LogP contribution in [0.3, 0.4) is 0 Å². The van der Waals surface area contributed by atoms with E-state index in [-0.39, 0.29) is 5.41 Å². The van der Waals surface area contributed by atoms with Gasteiger partial charge in [-0.3, -0.25) is 0 Å². The van der Waals surface area contributed by atoms with Crippen molar-refractivity contribution in [2.45, 2.75) is 26.2 Å². The first-order valence-corrected chi connectivity index (χ1v) is 8.65. The van der Waals surface area contributed by atoms with Gasteiger partial charge in [0.1, 0.15) is 0 Å². The van der Waals surface area contributed by atoms with E-state index in [9.17, 15) is 0 Å². The zero-order chi connectivity index (χ0) is 15.7. The van der Waals surface area contributed by atoms with Crippen LogP contribution < -0.4 is 0 Å². The molecule has 0 atom stereocenters. The number of benzene rings is 2. The zero-order valence-electron chi connectivity index (χ0n) is 13.1. The molecule has 0 aliphatic rings. The van der Waals surface area contributed by atoms with Crippen molar-refractivity contribution >= 4 is 22.9 Å². The van der Waals surface area contributed by atoms with E-state index in [1.54, 1.807) is 11.3 Å². The van der Waals surface area contributed by atoms with Crippen LogP contribution >= 0.6 is 22.9 Å². The zero-order valence-corrected chi connectivity index (χ0v) is 14.6. The molecule has 0 saturated heterocycles. The van der Waals surface area contributed by atoms with Gasteiger partial charge < -0.3 is 0 Å². The summed E-state index contributed by atoms with van der Waals surface area (Å²) in [5, 5.41) is 2.99. The van der Waals surface area contributed by atoms with Crippen LogP contribution in [0.5, 0.6) is 0 Å². The molecule has 0 aliphatic carbocycles. The summed E-state index contributed by atoms with van der Waals surface area (Å²) >= 11 is 7.73. The highest BCUT2D eigenvalue weighted by Crippen LogP contribution is 2.34. The minimum atomic E-state index is 0.196. The minimum Gasteiger partial charge on any atom is -0.143 e. The topological polar surface area (TPSA) is 0 Å². The van der Waals surface area contributed by atoms with E-state index < -0.39 is 0 Å². The van der Waals surface area contributed by atoms with Gasteiger partial charge >= 0.3 is 0 Å². The Bertz CT molecular complexity index is 759. The van der Waals surface area contributed by atoms with Gasteiger partial charge in [-0.05, 0) is 51.2 Å². The van der Waals surface area contributed by atoms with Crippen molar-refractivity contribution in [3.05, 3.63) is 70.6 Å². The van der Waals surface area contributed by atoms with Gasteiger partial charge in [-0.1, -0.05) is 68.8 Å². The molecular weight excluding hydrogens is 308 g/mol. The molecule has 3 aromatic rings. The van der Waals surface area contributed by atoms with E-state index in [1.807, 2.05) is 12.1 Å². The number of rotatable bonds is 2. The van der Waals surface area contributed by atoms with Gasteiger partial charge in [0, 0.05) is 9.90 Å². The molecule has 3 rings (SSSR count). The van der Waals surface area contributed by atoms with E-state index in [0.717, 1.165) is 5.02 Å². The average molecular weight is 327 g/mol. The van der Waals surface area contributed by atoms with Gasteiger partial charge in [0.2, 0.25) is 0 Å². The maximum atomic E-state index is 5.96. The molecule has 0 aliphatic heterocycles. The Morgan fingerprint density at radius 3 is 1.95 bits per heavy atom. The second kappa shape index (κ2) is 5.91. The Hall–Kier alpha value is -1.57. The molecule has 0 bridgehead atoms. The van der Waals surface area contributed by atoms with Crippen molar-refractivity contribution in [1.82, 2.24) is 0 Å². The van der Waals surface area contributed by atoms with Gasteiger partial charge in [-0.15, -0.1) is 11.3 Å². The third-order valence-corrected chi connectivity index (χ3v) is 5.04. The lowest BCUT2D eigenvalue weighted by atomic mass is 9.86. The predicted octanol–water partition coefficient (Wildman–Crippen LogP) is 7.03. The van der Waals surface area contributed by atoms with Gasteiger partial charge in [-0.2, -0.15) is 0 Å². The molecule has 2 heteroatoms. The normalized spacial score (nSPS) is 11.6. The van der Waals surface area contributed by atoms with E-state index in [1.165, 1.54) is 27.1 Å². The summed E-state index contributed by atoms with van der Waals surface area (Å²) in [4.78, 5) is 1.27. The summed E-state index contributed by atoms with van der Waals surface area (Å²) in [6, 6.07) is 19.2. The van der Waals surface area contributed by atoms with Gasteiger partial charge in [0.25, 0.3) is 0 Å². The highest BCUT2D eigenvalue weighted by Gasteiger charge is 2.13. The first kappa shape index (κ1) is 15.3. The van der Waals surface area contributed by atoms with Crippen molar-refractivity contribution in [3.63, 3.8) is 0 Å². The number of hydrogen-bond acceptors (Lipinski definition) is 1. The molecule has 0 N–H and O–H groups in total. The Labute approximate surface area is 141 Å². The lowest BCUT2D eigenvalue weighted by Gasteiger charge is -2.19. The lowest BCUT2D eigenvalue weighted by molar-refractivity contribution is 0.590.